The van der Waals surface area contributed by atoms with Crippen LogP contribution in [0, 0.1) is 23.7 Å². The minimum atomic E-state index is -1.16. The molecule has 1 saturated carbocycles. The lowest BCUT2D eigenvalue weighted by molar-refractivity contribution is -0.141. The summed E-state index contributed by atoms with van der Waals surface area (Å²) in [5.74, 6) is -1.39. The highest BCUT2D eigenvalue weighted by molar-refractivity contribution is 6.35. The molecule has 4 aliphatic rings. The Morgan fingerprint density at radius 1 is 1.14 bits per heavy atom. The Morgan fingerprint density at radius 2 is 1.86 bits per heavy atom. The van der Waals surface area contributed by atoms with Crippen molar-refractivity contribution in [2.45, 2.75) is 76.7 Å². The lowest BCUT2D eigenvalue weighted by Gasteiger charge is -2.38. The largest absolute Gasteiger partial charge is 0.359 e. The van der Waals surface area contributed by atoms with Gasteiger partial charge in [-0.2, -0.15) is 0 Å². The molecule has 7 nitrogen and oxygen atoms in total. The molecular weight excluding hydrogens is 513 g/mol. The second-order valence-electron chi connectivity index (χ2n) is 11.1. The number of hydrogen-bond acceptors (Lipinski definition) is 4. The first-order valence-electron chi connectivity index (χ1n) is 13.4. The highest BCUT2D eigenvalue weighted by atomic mass is 35.5. The number of nitrogens with one attached hydrogen (secondary N) is 2. The van der Waals surface area contributed by atoms with Crippen LogP contribution in [0.4, 0.5) is 5.69 Å². The van der Waals surface area contributed by atoms with E-state index in [1.165, 1.54) is 0 Å². The van der Waals surface area contributed by atoms with Crippen LogP contribution in [0.3, 0.4) is 0 Å². The quantitative estimate of drug-likeness (QED) is 0.479. The van der Waals surface area contributed by atoms with E-state index >= 15 is 0 Å². The topological polar surface area (TPSA) is 87.7 Å². The summed E-state index contributed by atoms with van der Waals surface area (Å²) in [5, 5.41) is 6.94. The molecule has 3 heterocycles. The van der Waals surface area contributed by atoms with Gasteiger partial charge in [-0.25, -0.2) is 0 Å². The first kappa shape index (κ1) is 26.5. The third-order valence-electron chi connectivity index (χ3n) is 8.84. The maximum absolute atomic E-state index is 13.9. The number of anilines is 1. The molecule has 200 valence electrons. The number of unbranched alkanes of at least 4 members (excludes halogenated alkanes) is 1. The number of benzene rings is 1. The summed E-state index contributed by atoms with van der Waals surface area (Å²) in [5.41, 5.74) is -0.705. The van der Waals surface area contributed by atoms with E-state index < -0.39 is 29.6 Å². The van der Waals surface area contributed by atoms with E-state index in [0.717, 1.165) is 32.1 Å². The predicted octanol–water partition coefficient (Wildman–Crippen LogP) is 4.82. The van der Waals surface area contributed by atoms with Crippen molar-refractivity contribution in [2.75, 3.05) is 11.9 Å². The predicted molar refractivity (Wildman–Crippen MR) is 143 cm³/mol. The van der Waals surface area contributed by atoms with Gasteiger partial charge in [-0.15, -0.1) is 0 Å². The van der Waals surface area contributed by atoms with Gasteiger partial charge in [-0.05, 0) is 42.9 Å². The van der Waals surface area contributed by atoms with Crippen LogP contribution in [-0.2, 0) is 19.1 Å². The lowest BCUT2D eigenvalue weighted by atomic mass is 9.73. The van der Waals surface area contributed by atoms with E-state index in [9.17, 15) is 14.4 Å². The van der Waals surface area contributed by atoms with Crippen molar-refractivity contribution in [3.05, 3.63) is 40.4 Å². The highest BCUT2D eigenvalue weighted by Crippen LogP contribution is 2.55. The Kier molecular flexibility index (Phi) is 7.33. The third kappa shape index (κ3) is 4.57. The molecule has 3 amide bonds. The van der Waals surface area contributed by atoms with Crippen molar-refractivity contribution in [3.63, 3.8) is 0 Å². The minimum Gasteiger partial charge on any atom is -0.359 e. The van der Waals surface area contributed by atoms with Crippen molar-refractivity contribution >= 4 is 46.6 Å². The van der Waals surface area contributed by atoms with Crippen molar-refractivity contribution in [3.8, 4) is 0 Å². The molecule has 37 heavy (non-hydrogen) atoms. The average Bonchev–Trinajstić information content (AvgIpc) is 3.47. The molecule has 1 aromatic carbocycles. The van der Waals surface area contributed by atoms with Crippen LogP contribution in [0.5, 0.6) is 0 Å². The first-order valence-corrected chi connectivity index (χ1v) is 14.2. The standard InChI is InChI=1S/C28H35Cl2N3O4/c1-4-5-11-33-24(26(35)32-20-8-6-7-15(2)16(20)3)28-10-9-21(37-28)22(23(28)27(33)36)25(34)31-19-13-17(29)12-18(30)14-19/h9-10,12-16,20-24H,4-8,11H2,1-3H3,(H,31,34)(H,32,35)/t15-,16+,20-,21-,22-,23-,24+,28+/m1/s1. The van der Waals surface area contributed by atoms with Crippen LogP contribution in [0.25, 0.3) is 0 Å². The van der Waals surface area contributed by atoms with Gasteiger partial charge < -0.3 is 20.3 Å². The molecule has 5 rings (SSSR count). The Balaban J connectivity index is 1.43. The van der Waals surface area contributed by atoms with Crippen molar-refractivity contribution in [1.29, 1.82) is 0 Å². The van der Waals surface area contributed by atoms with Crippen molar-refractivity contribution < 1.29 is 19.1 Å². The maximum Gasteiger partial charge on any atom is 0.246 e. The van der Waals surface area contributed by atoms with E-state index in [-0.39, 0.29) is 23.8 Å². The second kappa shape index (κ2) is 10.2. The molecule has 8 atom stereocenters. The molecule has 3 fully saturated rings. The van der Waals surface area contributed by atoms with Crippen LogP contribution >= 0.6 is 23.2 Å². The zero-order valence-electron chi connectivity index (χ0n) is 21.5. The van der Waals surface area contributed by atoms with E-state index in [1.807, 2.05) is 19.1 Å². The van der Waals surface area contributed by atoms with E-state index in [1.54, 1.807) is 23.1 Å². The number of amides is 3. The Morgan fingerprint density at radius 3 is 2.57 bits per heavy atom. The second-order valence-corrected chi connectivity index (χ2v) is 12.0. The number of halogens is 2. The van der Waals surface area contributed by atoms with Gasteiger partial charge in [0.25, 0.3) is 0 Å². The van der Waals surface area contributed by atoms with Crippen molar-refractivity contribution in [2.24, 2.45) is 23.7 Å². The van der Waals surface area contributed by atoms with Crippen molar-refractivity contribution in [1.82, 2.24) is 10.2 Å². The zero-order chi connectivity index (χ0) is 26.5. The molecule has 1 aromatic rings. The number of fused-ring (bicyclic) bond motifs is 1. The highest BCUT2D eigenvalue weighted by Gasteiger charge is 2.72. The molecule has 2 N–H and O–H groups in total. The first-order chi connectivity index (χ1) is 17.7. The van der Waals surface area contributed by atoms with E-state index in [4.69, 9.17) is 27.9 Å². The molecule has 0 unspecified atom stereocenters. The fourth-order valence-electron chi connectivity index (χ4n) is 6.74. The molecule has 9 heteroatoms. The number of carbonyl (C=O) groups is 3. The summed E-state index contributed by atoms with van der Waals surface area (Å²) < 4.78 is 6.41. The van der Waals surface area contributed by atoms with Crippen LogP contribution in [0.1, 0.15) is 52.9 Å². The summed E-state index contributed by atoms with van der Waals surface area (Å²) in [4.78, 5) is 43.0. The van der Waals surface area contributed by atoms with Crippen LogP contribution < -0.4 is 10.6 Å². The molecule has 2 saturated heterocycles. The molecule has 3 aliphatic heterocycles. The summed E-state index contributed by atoms with van der Waals surface area (Å²) >= 11 is 12.2. The molecule has 1 aliphatic carbocycles. The average molecular weight is 549 g/mol. The Labute approximate surface area is 228 Å². The van der Waals surface area contributed by atoms with Crippen LogP contribution in [-0.4, -0.2) is 53.0 Å². The van der Waals surface area contributed by atoms with Gasteiger partial charge in [0.1, 0.15) is 11.6 Å². The van der Waals surface area contributed by atoms with Gasteiger partial charge in [0.15, 0.2) is 0 Å². The molecule has 0 radical (unpaired) electrons. The number of carbonyl (C=O) groups excluding carboxylic acids is 3. The summed E-state index contributed by atoms with van der Waals surface area (Å²) in [7, 11) is 0. The fraction of sp³-hybridized carbons (Fsp3) is 0.607. The maximum atomic E-state index is 13.9. The molecule has 1 spiro atoms. The Hall–Kier alpha value is -2.09. The van der Waals surface area contributed by atoms with E-state index in [2.05, 4.69) is 24.5 Å². The molecular formula is C28H35Cl2N3O4. The SMILES string of the molecule is CCCCN1C(=O)[C@H]2[C@H](C(=O)Nc3cc(Cl)cc(Cl)c3)[C@H]3C=C[C@@]2(O3)[C@@H]1C(=O)N[C@@H]1CCC[C@@H](C)[C@@H]1C. The van der Waals surface area contributed by atoms with Gasteiger partial charge in [0, 0.05) is 28.3 Å². The normalized spacial score (nSPS) is 36.1. The molecule has 0 aromatic heterocycles. The number of nitrogens with zero attached hydrogens (tertiary/aromatic N) is 1. The van der Waals surface area contributed by atoms with Gasteiger partial charge in [0.05, 0.1) is 17.9 Å². The Bertz CT molecular complexity index is 1110. The monoisotopic (exact) mass is 547 g/mol. The van der Waals surface area contributed by atoms with Gasteiger partial charge >= 0.3 is 0 Å². The van der Waals surface area contributed by atoms with Gasteiger partial charge in [-0.3, -0.25) is 14.4 Å². The van der Waals surface area contributed by atoms with Crippen LogP contribution in [0.2, 0.25) is 10.0 Å². The summed E-state index contributed by atoms with van der Waals surface area (Å²) in [6.45, 7) is 6.91. The number of rotatable bonds is 7. The summed E-state index contributed by atoms with van der Waals surface area (Å²) in [6.07, 6.45) is 7.90. The molecule has 2 bridgehead atoms. The zero-order valence-corrected chi connectivity index (χ0v) is 23.0. The number of likely N-dealkylation sites (tertiary alicyclic amines) is 1. The smallest absolute Gasteiger partial charge is 0.246 e. The van der Waals surface area contributed by atoms with Gasteiger partial charge in [-0.1, -0.05) is 75.4 Å². The summed E-state index contributed by atoms with van der Waals surface area (Å²) in [6, 6.07) is 4.06. The number of hydrogen-bond donors (Lipinski definition) is 2. The fourth-order valence-corrected chi connectivity index (χ4v) is 7.26. The van der Waals surface area contributed by atoms with E-state index in [0.29, 0.717) is 34.1 Å². The van der Waals surface area contributed by atoms with Gasteiger partial charge in [0.2, 0.25) is 17.7 Å². The lowest BCUT2D eigenvalue weighted by Crippen LogP contribution is -2.58. The minimum absolute atomic E-state index is 0.0593. The van der Waals surface area contributed by atoms with Crippen LogP contribution in [0.15, 0.2) is 30.4 Å². The third-order valence-corrected chi connectivity index (χ3v) is 9.28. The number of ether oxygens (including phenoxy) is 1.